The van der Waals surface area contributed by atoms with Gasteiger partial charge >= 0.3 is 0 Å². The Balaban J connectivity index is 2.58. The average molecular weight is 257 g/mol. The Kier molecular flexibility index (Phi) is 5.67. The highest BCUT2D eigenvalue weighted by molar-refractivity contribution is 5.92. The number of likely N-dealkylation sites (N-methyl/N-ethyl adjacent to an activating group) is 1. The number of halogens is 2. The summed E-state index contributed by atoms with van der Waals surface area (Å²) in [7, 11) is 0. The number of benzene rings is 1. The van der Waals surface area contributed by atoms with Crippen molar-refractivity contribution in [2.75, 3.05) is 31.5 Å². The molecule has 0 bridgehead atoms. The van der Waals surface area contributed by atoms with Crippen LogP contribution in [0.3, 0.4) is 0 Å². The van der Waals surface area contributed by atoms with Gasteiger partial charge in [0.1, 0.15) is 11.6 Å². The largest absolute Gasteiger partial charge is 0.329 e. The molecule has 0 fully saturated rings. The third kappa shape index (κ3) is 4.77. The van der Waals surface area contributed by atoms with Crippen LogP contribution >= 0.6 is 0 Å². The number of nitrogens with one attached hydrogen (secondary N) is 1. The topological polar surface area (TPSA) is 58.4 Å². The zero-order valence-corrected chi connectivity index (χ0v) is 10.2. The molecule has 1 rings (SSSR count). The summed E-state index contributed by atoms with van der Waals surface area (Å²) in [5, 5.41) is 2.45. The summed E-state index contributed by atoms with van der Waals surface area (Å²) in [4.78, 5) is 13.5. The first-order chi connectivity index (χ1) is 8.55. The molecule has 0 radical (unpaired) electrons. The zero-order valence-electron chi connectivity index (χ0n) is 10.2. The first-order valence-electron chi connectivity index (χ1n) is 5.73. The number of hydrogen-bond acceptors (Lipinski definition) is 3. The van der Waals surface area contributed by atoms with Crippen molar-refractivity contribution in [1.82, 2.24) is 4.90 Å². The summed E-state index contributed by atoms with van der Waals surface area (Å²) < 4.78 is 25.8. The lowest BCUT2D eigenvalue weighted by atomic mass is 10.3. The first-order valence-corrected chi connectivity index (χ1v) is 5.73. The fraction of sp³-hybridized carbons (Fsp3) is 0.417. The van der Waals surface area contributed by atoms with Gasteiger partial charge in [-0.3, -0.25) is 9.69 Å². The summed E-state index contributed by atoms with van der Waals surface area (Å²) in [6.45, 7) is 3.79. The van der Waals surface area contributed by atoms with Crippen molar-refractivity contribution in [2.45, 2.75) is 6.92 Å². The van der Waals surface area contributed by atoms with Gasteiger partial charge in [0.15, 0.2) is 0 Å². The molecule has 4 nitrogen and oxygen atoms in total. The Labute approximate surface area is 105 Å². The number of carbonyl (C=O) groups is 1. The van der Waals surface area contributed by atoms with Crippen LogP contribution in [0.4, 0.5) is 14.5 Å². The molecule has 0 saturated carbocycles. The first kappa shape index (κ1) is 14.5. The van der Waals surface area contributed by atoms with Gasteiger partial charge < -0.3 is 11.1 Å². The van der Waals surface area contributed by atoms with Gasteiger partial charge in [0, 0.05) is 24.8 Å². The second kappa shape index (κ2) is 7.03. The lowest BCUT2D eigenvalue weighted by molar-refractivity contribution is -0.117. The van der Waals surface area contributed by atoms with Crippen LogP contribution in [0.1, 0.15) is 6.92 Å². The highest BCUT2D eigenvalue weighted by Crippen LogP contribution is 2.12. The van der Waals surface area contributed by atoms with E-state index in [1.807, 2.05) is 11.8 Å². The average Bonchev–Trinajstić information content (AvgIpc) is 2.26. The quantitative estimate of drug-likeness (QED) is 0.804. The molecule has 1 aromatic rings. The van der Waals surface area contributed by atoms with Gasteiger partial charge in [0.25, 0.3) is 0 Å². The van der Waals surface area contributed by atoms with Crippen LogP contribution < -0.4 is 11.1 Å². The molecule has 6 heteroatoms. The summed E-state index contributed by atoms with van der Waals surface area (Å²) >= 11 is 0. The van der Waals surface area contributed by atoms with Crippen molar-refractivity contribution in [3.05, 3.63) is 29.8 Å². The minimum absolute atomic E-state index is 0.112. The van der Waals surface area contributed by atoms with Crippen LogP contribution in [0.25, 0.3) is 0 Å². The lowest BCUT2D eigenvalue weighted by Crippen LogP contribution is -2.36. The van der Waals surface area contributed by atoms with E-state index in [2.05, 4.69) is 5.32 Å². The van der Waals surface area contributed by atoms with Crippen molar-refractivity contribution in [3.8, 4) is 0 Å². The predicted octanol–water partition coefficient (Wildman–Crippen LogP) is 1.18. The van der Waals surface area contributed by atoms with E-state index in [0.29, 0.717) is 19.6 Å². The lowest BCUT2D eigenvalue weighted by Gasteiger charge is -2.18. The van der Waals surface area contributed by atoms with Crippen molar-refractivity contribution in [3.63, 3.8) is 0 Å². The number of hydrogen-bond donors (Lipinski definition) is 2. The van der Waals surface area contributed by atoms with Gasteiger partial charge in [-0.1, -0.05) is 6.92 Å². The normalized spacial score (nSPS) is 10.7. The van der Waals surface area contributed by atoms with Crippen LogP contribution in [0.2, 0.25) is 0 Å². The maximum atomic E-state index is 12.9. The number of nitrogens with two attached hydrogens (primary N) is 1. The van der Waals surface area contributed by atoms with E-state index in [-0.39, 0.29) is 18.1 Å². The van der Waals surface area contributed by atoms with E-state index in [0.717, 1.165) is 18.2 Å². The highest BCUT2D eigenvalue weighted by Gasteiger charge is 2.09. The molecule has 3 N–H and O–H groups in total. The molecule has 0 heterocycles. The van der Waals surface area contributed by atoms with E-state index in [1.165, 1.54) is 0 Å². The molecule has 0 aliphatic heterocycles. The summed E-state index contributed by atoms with van der Waals surface area (Å²) in [6.07, 6.45) is 0. The maximum absolute atomic E-state index is 12.9. The van der Waals surface area contributed by atoms with E-state index in [1.54, 1.807) is 0 Å². The van der Waals surface area contributed by atoms with Crippen LogP contribution in [0, 0.1) is 11.6 Å². The molecule has 0 unspecified atom stereocenters. The van der Waals surface area contributed by atoms with Gasteiger partial charge in [0.05, 0.1) is 6.54 Å². The number of anilines is 1. The molecule has 0 aromatic heterocycles. The number of rotatable bonds is 6. The third-order valence-corrected chi connectivity index (χ3v) is 2.41. The Bertz CT molecular complexity index is 392. The Morgan fingerprint density at radius 2 is 1.94 bits per heavy atom. The van der Waals surface area contributed by atoms with Crippen molar-refractivity contribution < 1.29 is 13.6 Å². The second-order valence-corrected chi connectivity index (χ2v) is 3.86. The SMILES string of the molecule is CCN(CCN)CC(=O)Nc1cc(F)cc(F)c1. The van der Waals surface area contributed by atoms with E-state index in [4.69, 9.17) is 5.73 Å². The molecule has 1 aromatic carbocycles. The van der Waals surface area contributed by atoms with Gasteiger partial charge in [-0.2, -0.15) is 0 Å². The highest BCUT2D eigenvalue weighted by atomic mass is 19.1. The predicted molar refractivity (Wildman–Crippen MR) is 66.2 cm³/mol. The van der Waals surface area contributed by atoms with Crippen molar-refractivity contribution >= 4 is 11.6 Å². The minimum Gasteiger partial charge on any atom is -0.329 e. The second-order valence-electron chi connectivity index (χ2n) is 3.86. The van der Waals surface area contributed by atoms with E-state index >= 15 is 0 Å². The molecule has 0 aliphatic rings. The third-order valence-electron chi connectivity index (χ3n) is 2.41. The van der Waals surface area contributed by atoms with Gasteiger partial charge in [-0.15, -0.1) is 0 Å². The molecule has 0 atom stereocenters. The molecule has 100 valence electrons. The van der Waals surface area contributed by atoms with Gasteiger partial charge in [-0.05, 0) is 18.7 Å². The fourth-order valence-electron chi connectivity index (χ4n) is 1.56. The van der Waals surface area contributed by atoms with Crippen LogP contribution in [-0.4, -0.2) is 37.0 Å². The number of amides is 1. The van der Waals surface area contributed by atoms with Gasteiger partial charge in [0.2, 0.25) is 5.91 Å². The van der Waals surface area contributed by atoms with E-state index in [9.17, 15) is 13.6 Å². The molecule has 0 spiro atoms. The number of nitrogens with zero attached hydrogens (tertiary/aromatic N) is 1. The van der Waals surface area contributed by atoms with E-state index < -0.39 is 11.6 Å². The van der Waals surface area contributed by atoms with Crippen LogP contribution in [0.5, 0.6) is 0 Å². The maximum Gasteiger partial charge on any atom is 0.238 e. The zero-order chi connectivity index (χ0) is 13.5. The Morgan fingerprint density at radius 3 is 2.44 bits per heavy atom. The Morgan fingerprint density at radius 1 is 1.33 bits per heavy atom. The summed E-state index contributed by atoms with van der Waals surface area (Å²) in [5.41, 5.74) is 5.51. The summed E-state index contributed by atoms with van der Waals surface area (Å²) in [6, 6.07) is 2.89. The standard InChI is InChI=1S/C12H17F2N3O/c1-2-17(4-3-15)8-12(18)16-11-6-9(13)5-10(14)7-11/h5-7H,2-4,8,15H2,1H3,(H,16,18). The van der Waals surface area contributed by atoms with Crippen molar-refractivity contribution in [2.24, 2.45) is 5.73 Å². The minimum atomic E-state index is -0.723. The van der Waals surface area contributed by atoms with Gasteiger partial charge in [-0.25, -0.2) is 8.78 Å². The summed E-state index contributed by atoms with van der Waals surface area (Å²) in [5.74, 6) is -1.77. The molecular weight excluding hydrogens is 240 g/mol. The molecular formula is C12H17F2N3O. The van der Waals surface area contributed by atoms with Crippen LogP contribution in [-0.2, 0) is 4.79 Å². The Hall–Kier alpha value is -1.53. The fourth-order valence-corrected chi connectivity index (χ4v) is 1.56. The van der Waals surface area contributed by atoms with Crippen LogP contribution in [0.15, 0.2) is 18.2 Å². The smallest absolute Gasteiger partial charge is 0.238 e. The number of carbonyl (C=O) groups excluding carboxylic acids is 1. The monoisotopic (exact) mass is 257 g/mol. The van der Waals surface area contributed by atoms with Crippen molar-refractivity contribution in [1.29, 1.82) is 0 Å². The molecule has 18 heavy (non-hydrogen) atoms. The molecule has 0 saturated heterocycles. The molecule has 1 amide bonds. The molecule has 0 aliphatic carbocycles.